The molecule has 2 nitrogen and oxygen atoms in total. The molecule has 2 heterocycles. The van der Waals surface area contributed by atoms with Crippen LogP contribution in [-0.4, -0.2) is 4.57 Å². The molecule has 1 aromatic heterocycles. The summed E-state index contributed by atoms with van der Waals surface area (Å²) < 4.78 is 2.58. The summed E-state index contributed by atoms with van der Waals surface area (Å²) in [6.45, 7) is 4.79. The standard InChI is InChI=1S/C55H40N2/c1-55(2)48-21-9-10-23-52(48)57-51-30-28-39(33-47(51)46-20-12-22-49(55)54(46)57)36-25-26-38-32-41(29-27-37(38)31-36)56(50-24-11-15-35-13-3-6-17-43(35)50)53-34-40-14-4-5-16-42(40)44-18-7-8-19-45(44)53/h3-9,11-22,24-34H,10,23H2,1-2H3. The molecule has 0 N–H and O–H groups in total. The lowest BCUT2D eigenvalue weighted by molar-refractivity contribution is 0.623. The molecule has 1 aliphatic carbocycles. The van der Waals surface area contributed by atoms with Crippen molar-refractivity contribution in [2.75, 3.05) is 4.90 Å². The van der Waals surface area contributed by atoms with Crippen molar-refractivity contribution in [3.05, 3.63) is 193 Å². The molecule has 0 spiro atoms. The van der Waals surface area contributed by atoms with Crippen LogP contribution in [0.15, 0.2) is 188 Å². The minimum Gasteiger partial charge on any atom is -0.312 e. The van der Waals surface area contributed by atoms with Gasteiger partial charge in [-0.1, -0.05) is 153 Å². The fraction of sp³-hybridized carbons (Fsp3) is 0.0909. The van der Waals surface area contributed by atoms with Crippen LogP contribution in [0.1, 0.15) is 32.3 Å². The van der Waals surface area contributed by atoms with E-state index in [2.05, 4.69) is 205 Å². The van der Waals surface area contributed by atoms with E-state index in [1.54, 1.807) is 0 Å². The highest BCUT2D eigenvalue weighted by Crippen LogP contribution is 2.50. The van der Waals surface area contributed by atoms with Gasteiger partial charge in [-0.05, 0) is 110 Å². The van der Waals surface area contributed by atoms with Gasteiger partial charge in [0.05, 0.1) is 22.4 Å². The number of anilines is 3. The molecule has 0 radical (unpaired) electrons. The van der Waals surface area contributed by atoms with Crippen molar-refractivity contribution in [2.24, 2.45) is 0 Å². The van der Waals surface area contributed by atoms with Gasteiger partial charge >= 0.3 is 0 Å². The molecule has 1 aliphatic heterocycles. The lowest BCUT2D eigenvalue weighted by atomic mass is 9.72. The van der Waals surface area contributed by atoms with Gasteiger partial charge < -0.3 is 9.47 Å². The molecule has 0 saturated carbocycles. The van der Waals surface area contributed by atoms with Crippen molar-refractivity contribution in [2.45, 2.75) is 32.1 Å². The van der Waals surface area contributed by atoms with Crippen molar-refractivity contribution in [3.8, 4) is 11.1 Å². The zero-order valence-corrected chi connectivity index (χ0v) is 32.1. The molecule has 0 unspecified atom stereocenters. The Balaban J connectivity index is 1.02. The predicted molar refractivity (Wildman–Crippen MR) is 244 cm³/mol. The van der Waals surface area contributed by atoms with E-state index in [4.69, 9.17) is 0 Å². The Morgan fingerprint density at radius 1 is 0.491 bits per heavy atom. The average Bonchev–Trinajstić information content (AvgIpc) is 3.60. The third kappa shape index (κ3) is 4.71. The molecular formula is C55H40N2. The minimum absolute atomic E-state index is 0.0270. The van der Waals surface area contributed by atoms with Crippen molar-refractivity contribution in [3.63, 3.8) is 0 Å². The topological polar surface area (TPSA) is 8.17 Å². The minimum atomic E-state index is -0.0270. The zero-order chi connectivity index (χ0) is 37.8. The molecule has 0 saturated heterocycles. The monoisotopic (exact) mass is 728 g/mol. The van der Waals surface area contributed by atoms with Crippen LogP contribution in [0.3, 0.4) is 0 Å². The first kappa shape index (κ1) is 32.4. The Kier molecular flexibility index (Phi) is 6.84. The highest BCUT2D eigenvalue weighted by atomic mass is 15.1. The Labute approximate surface area is 332 Å². The number of allylic oxidation sites excluding steroid dienone is 4. The summed E-state index contributed by atoms with van der Waals surface area (Å²) in [4.78, 5) is 2.47. The second-order valence-electron chi connectivity index (χ2n) is 16.4. The Morgan fingerprint density at radius 3 is 2.07 bits per heavy atom. The van der Waals surface area contributed by atoms with Crippen LogP contribution < -0.4 is 4.90 Å². The number of fused-ring (bicyclic) bond motifs is 9. The zero-order valence-electron chi connectivity index (χ0n) is 32.1. The Hall–Kier alpha value is -6.90. The first-order valence-corrected chi connectivity index (χ1v) is 20.2. The molecule has 2 heteroatoms. The molecule has 12 rings (SSSR count). The van der Waals surface area contributed by atoms with Crippen LogP contribution in [0.2, 0.25) is 0 Å². The summed E-state index contributed by atoms with van der Waals surface area (Å²) in [7, 11) is 0. The number of hydrogen-bond acceptors (Lipinski definition) is 1. The summed E-state index contributed by atoms with van der Waals surface area (Å²) in [6.07, 6.45) is 6.90. The number of benzene rings is 9. The number of para-hydroxylation sites is 1. The van der Waals surface area contributed by atoms with Gasteiger partial charge in [-0.2, -0.15) is 0 Å². The fourth-order valence-corrected chi connectivity index (χ4v) is 10.2. The van der Waals surface area contributed by atoms with E-state index in [-0.39, 0.29) is 5.41 Å². The third-order valence-corrected chi connectivity index (χ3v) is 13.0. The largest absolute Gasteiger partial charge is 0.312 e. The van der Waals surface area contributed by atoms with Crippen molar-refractivity contribution >= 4 is 87.7 Å². The number of nitrogens with zero attached hydrogens (tertiary/aromatic N) is 2. The summed E-state index contributed by atoms with van der Waals surface area (Å²) in [5, 5.41) is 12.6. The lowest BCUT2D eigenvalue weighted by Crippen LogP contribution is -2.27. The Bertz CT molecular complexity index is 3390. The maximum atomic E-state index is 2.58. The average molecular weight is 729 g/mol. The quantitative estimate of drug-likeness (QED) is 0.164. The first-order chi connectivity index (χ1) is 28.0. The molecule has 2 aliphatic rings. The Morgan fingerprint density at radius 2 is 1.18 bits per heavy atom. The maximum absolute atomic E-state index is 2.58. The van der Waals surface area contributed by atoms with Crippen LogP contribution in [0, 0.1) is 0 Å². The summed E-state index contributed by atoms with van der Waals surface area (Å²) in [5.74, 6) is 0. The SMILES string of the molecule is CC1(C)C2=C(CCC=C2)n2c3ccc(-c4ccc5cc(N(c6cccc7ccccc67)c6cc7ccccc7c7ccccc67)ccc5c4)cc3c3cccc1c32. The van der Waals surface area contributed by atoms with Crippen LogP contribution in [0.4, 0.5) is 17.1 Å². The molecule has 57 heavy (non-hydrogen) atoms. The predicted octanol–water partition coefficient (Wildman–Crippen LogP) is 15.4. The smallest absolute Gasteiger partial charge is 0.0578 e. The van der Waals surface area contributed by atoms with Gasteiger partial charge in [-0.3, -0.25) is 0 Å². The van der Waals surface area contributed by atoms with Crippen LogP contribution in [0.5, 0.6) is 0 Å². The van der Waals surface area contributed by atoms with E-state index in [9.17, 15) is 0 Å². The molecule has 9 aromatic carbocycles. The highest BCUT2D eigenvalue weighted by Gasteiger charge is 2.36. The van der Waals surface area contributed by atoms with Crippen molar-refractivity contribution < 1.29 is 0 Å². The van der Waals surface area contributed by atoms with Gasteiger partial charge in [0.25, 0.3) is 0 Å². The van der Waals surface area contributed by atoms with E-state index < -0.39 is 0 Å². The van der Waals surface area contributed by atoms with Gasteiger partial charge in [0.15, 0.2) is 0 Å². The normalized spacial score (nSPS) is 14.7. The van der Waals surface area contributed by atoms with E-state index in [1.807, 2.05) is 0 Å². The molecule has 0 fully saturated rings. The molecular weight excluding hydrogens is 689 g/mol. The second kappa shape index (κ2) is 12.0. The molecule has 0 amide bonds. The number of hydrogen-bond donors (Lipinski definition) is 0. The summed E-state index contributed by atoms with van der Waals surface area (Å²) in [6, 6.07) is 63.3. The first-order valence-electron chi connectivity index (χ1n) is 20.2. The van der Waals surface area contributed by atoms with E-state index >= 15 is 0 Å². The molecule has 0 bridgehead atoms. The van der Waals surface area contributed by atoms with Crippen molar-refractivity contribution in [1.82, 2.24) is 4.57 Å². The van der Waals surface area contributed by atoms with Gasteiger partial charge in [0.2, 0.25) is 0 Å². The van der Waals surface area contributed by atoms with E-state index in [1.165, 1.54) is 104 Å². The fourth-order valence-electron chi connectivity index (χ4n) is 10.2. The van der Waals surface area contributed by atoms with Gasteiger partial charge in [0.1, 0.15) is 0 Å². The molecule has 270 valence electrons. The van der Waals surface area contributed by atoms with Crippen molar-refractivity contribution in [1.29, 1.82) is 0 Å². The lowest BCUT2D eigenvalue weighted by Gasteiger charge is -2.37. The third-order valence-electron chi connectivity index (χ3n) is 13.0. The van der Waals surface area contributed by atoms with E-state index in [0.29, 0.717) is 0 Å². The molecule has 10 aromatic rings. The van der Waals surface area contributed by atoms with Gasteiger partial charge in [-0.15, -0.1) is 0 Å². The van der Waals surface area contributed by atoms with E-state index in [0.717, 1.165) is 18.5 Å². The van der Waals surface area contributed by atoms with Crippen LogP contribution in [-0.2, 0) is 5.41 Å². The van der Waals surface area contributed by atoms with Crippen LogP contribution in [0.25, 0.3) is 81.7 Å². The second-order valence-corrected chi connectivity index (χ2v) is 16.4. The molecule has 0 atom stereocenters. The number of rotatable bonds is 4. The summed E-state index contributed by atoms with van der Waals surface area (Å²) >= 11 is 0. The summed E-state index contributed by atoms with van der Waals surface area (Å²) in [5.41, 5.74) is 12.9. The van der Waals surface area contributed by atoms with Gasteiger partial charge in [0, 0.05) is 38.3 Å². The van der Waals surface area contributed by atoms with Gasteiger partial charge in [-0.25, -0.2) is 0 Å². The maximum Gasteiger partial charge on any atom is 0.0578 e. The highest BCUT2D eigenvalue weighted by molar-refractivity contribution is 6.16. The number of aromatic nitrogens is 1. The van der Waals surface area contributed by atoms with Crippen LogP contribution >= 0.6 is 0 Å².